The van der Waals surface area contributed by atoms with E-state index in [1.807, 2.05) is 30.3 Å². The van der Waals surface area contributed by atoms with Gasteiger partial charge in [-0.1, -0.05) is 18.2 Å². The number of aromatic nitrogens is 8. The Bertz CT molecular complexity index is 1550. The first-order valence-corrected chi connectivity index (χ1v) is 11.0. The van der Waals surface area contributed by atoms with Gasteiger partial charge in [0.2, 0.25) is 0 Å². The van der Waals surface area contributed by atoms with Gasteiger partial charge in [-0.25, -0.2) is 24.4 Å². The standard InChI is InChI=1S/C21H20N8O2S/c1-26-13-24-18-16(26)20(30)28(21(31)27(18)2)9-6-10-32-19-15-11-25-29(17(15)22-12-23-19)14-7-4-3-5-8-14/h3-5,7-8,11-13H,6,9-10H2,1-2H3. The van der Waals surface area contributed by atoms with Crippen molar-refractivity contribution < 1.29 is 0 Å². The molecule has 0 amide bonds. The molecule has 4 heterocycles. The molecular weight excluding hydrogens is 428 g/mol. The van der Waals surface area contributed by atoms with Gasteiger partial charge in [-0.3, -0.25) is 13.9 Å². The topological polar surface area (TPSA) is 105 Å². The zero-order valence-electron chi connectivity index (χ0n) is 17.5. The first-order chi connectivity index (χ1) is 15.6. The molecular formula is C21H20N8O2S. The number of fused-ring (bicyclic) bond motifs is 2. The van der Waals surface area contributed by atoms with Crippen LogP contribution in [-0.2, 0) is 20.6 Å². The highest BCUT2D eigenvalue weighted by Crippen LogP contribution is 2.26. The van der Waals surface area contributed by atoms with Gasteiger partial charge in [-0.05, 0) is 18.6 Å². The number of aryl methyl sites for hydroxylation is 2. The van der Waals surface area contributed by atoms with E-state index in [0.29, 0.717) is 29.9 Å². The molecule has 0 atom stereocenters. The van der Waals surface area contributed by atoms with Crippen LogP contribution < -0.4 is 11.2 Å². The second-order valence-electron chi connectivity index (χ2n) is 7.34. The molecule has 0 fully saturated rings. The van der Waals surface area contributed by atoms with E-state index in [-0.39, 0.29) is 11.2 Å². The summed E-state index contributed by atoms with van der Waals surface area (Å²) in [6, 6.07) is 9.80. The van der Waals surface area contributed by atoms with Gasteiger partial charge in [0.05, 0.1) is 23.6 Å². The molecule has 5 rings (SSSR count). The van der Waals surface area contributed by atoms with Gasteiger partial charge in [0, 0.05) is 26.4 Å². The molecule has 10 nitrogen and oxygen atoms in total. The van der Waals surface area contributed by atoms with E-state index < -0.39 is 0 Å². The highest BCUT2D eigenvalue weighted by molar-refractivity contribution is 7.99. The molecule has 1 aromatic carbocycles. The largest absolute Gasteiger partial charge is 0.332 e. The number of benzene rings is 1. The number of nitrogens with zero attached hydrogens (tertiary/aromatic N) is 8. The number of rotatable bonds is 6. The zero-order chi connectivity index (χ0) is 22.2. The fraction of sp³-hybridized carbons (Fsp3) is 0.238. The molecule has 0 N–H and O–H groups in total. The molecule has 0 saturated carbocycles. The summed E-state index contributed by atoms with van der Waals surface area (Å²) in [5, 5.41) is 6.16. The van der Waals surface area contributed by atoms with Gasteiger partial charge in [-0.2, -0.15) is 5.10 Å². The monoisotopic (exact) mass is 448 g/mol. The van der Waals surface area contributed by atoms with Gasteiger partial charge in [0.1, 0.15) is 11.4 Å². The van der Waals surface area contributed by atoms with Crippen LogP contribution in [0, 0.1) is 0 Å². The average Bonchev–Trinajstić information content (AvgIpc) is 3.42. The fourth-order valence-electron chi connectivity index (χ4n) is 3.68. The Balaban J connectivity index is 1.35. The molecule has 11 heteroatoms. The molecule has 0 aliphatic carbocycles. The van der Waals surface area contributed by atoms with Crippen molar-refractivity contribution >= 4 is 34.0 Å². The second kappa shape index (κ2) is 8.08. The minimum absolute atomic E-state index is 0.317. The fourth-order valence-corrected chi connectivity index (χ4v) is 4.57. The molecule has 0 bridgehead atoms. The number of thioether (sulfide) groups is 1. The minimum atomic E-state index is -0.361. The summed E-state index contributed by atoms with van der Waals surface area (Å²) >= 11 is 1.56. The van der Waals surface area contributed by atoms with Crippen LogP contribution in [0.1, 0.15) is 6.42 Å². The minimum Gasteiger partial charge on any atom is -0.328 e. The maximum atomic E-state index is 12.8. The predicted molar refractivity (Wildman–Crippen MR) is 122 cm³/mol. The lowest BCUT2D eigenvalue weighted by atomic mass is 10.3. The third-order valence-electron chi connectivity index (χ3n) is 5.30. The normalized spacial score (nSPS) is 11.6. The predicted octanol–water partition coefficient (Wildman–Crippen LogP) is 1.74. The van der Waals surface area contributed by atoms with Crippen LogP contribution in [0.5, 0.6) is 0 Å². The Morgan fingerprint density at radius 3 is 2.62 bits per heavy atom. The van der Waals surface area contributed by atoms with Crippen LogP contribution in [0.25, 0.3) is 27.9 Å². The smallest absolute Gasteiger partial charge is 0.328 e. The highest BCUT2D eigenvalue weighted by atomic mass is 32.2. The first-order valence-electron chi connectivity index (χ1n) is 10.0. The Hall–Kier alpha value is -3.73. The summed E-state index contributed by atoms with van der Waals surface area (Å²) in [4.78, 5) is 38.4. The van der Waals surface area contributed by atoms with E-state index >= 15 is 0 Å². The molecule has 0 spiro atoms. The number of imidazole rings is 1. The molecule has 0 aliphatic heterocycles. The summed E-state index contributed by atoms with van der Waals surface area (Å²) < 4.78 is 6.11. The molecule has 0 radical (unpaired) electrons. The molecule has 32 heavy (non-hydrogen) atoms. The molecule has 0 aliphatic rings. The van der Waals surface area contributed by atoms with Crippen molar-refractivity contribution in [3.8, 4) is 5.69 Å². The number of para-hydroxylation sites is 1. The van der Waals surface area contributed by atoms with Crippen molar-refractivity contribution in [2.45, 2.75) is 18.0 Å². The van der Waals surface area contributed by atoms with E-state index in [1.165, 1.54) is 15.5 Å². The van der Waals surface area contributed by atoms with E-state index in [2.05, 4.69) is 20.1 Å². The van der Waals surface area contributed by atoms with Crippen LogP contribution >= 0.6 is 11.8 Å². The van der Waals surface area contributed by atoms with E-state index in [9.17, 15) is 9.59 Å². The molecule has 0 unspecified atom stereocenters. The SMILES string of the molecule is Cn1cnc2c1c(=O)n(CCCSc1ncnc3c1cnn3-c1ccccc1)c(=O)n2C. The maximum absolute atomic E-state index is 12.8. The van der Waals surface area contributed by atoms with Gasteiger partial charge in [-0.15, -0.1) is 11.8 Å². The summed E-state index contributed by atoms with van der Waals surface area (Å²) in [5.41, 5.74) is 1.80. The van der Waals surface area contributed by atoms with Crippen LogP contribution in [-0.4, -0.2) is 44.2 Å². The Morgan fingerprint density at radius 1 is 1.00 bits per heavy atom. The quantitative estimate of drug-likeness (QED) is 0.221. The van der Waals surface area contributed by atoms with Gasteiger partial charge in [0.25, 0.3) is 5.56 Å². The van der Waals surface area contributed by atoms with Crippen LogP contribution in [0.2, 0.25) is 0 Å². The van der Waals surface area contributed by atoms with Crippen molar-refractivity contribution in [2.75, 3.05) is 5.75 Å². The van der Waals surface area contributed by atoms with E-state index in [4.69, 9.17) is 0 Å². The highest BCUT2D eigenvalue weighted by Gasteiger charge is 2.15. The van der Waals surface area contributed by atoms with Crippen molar-refractivity contribution in [1.82, 2.24) is 38.4 Å². The Labute approximate surface area is 186 Å². The number of hydrogen-bond acceptors (Lipinski definition) is 7. The Kier molecular flexibility index (Phi) is 5.10. The molecule has 0 saturated heterocycles. The van der Waals surface area contributed by atoms with E-state index in [0.717, 1.165) is 21.7 Å². The van der Waals surface area contributed by atoms with Crippen molar-refractivity contribution in [3.63, 3.8) is 0 Å². The third kappa shape index (κ3) is 3.30. The summed E-state index contributed by atoms with van der Waals surface area (Å²) in [7, 11) is 3.38. The number of hydrogen-bond donors (Lipinski definition) is 0. The lowest BCUT2D eigenvalue weighted by Crippen LogP contribution is -2.39. The van der Waals surface area contributed by atoms with Crippen LogP contribution in [0.4, 0.5) is 0 Å². The molecule has 162 valence electrons. The van der Waals surface area contributed by atoms with Crippen LogP contribution in [0.3, 0.4) is 0 Å². The van der Waals surface area contributed by atoms with Gasteiger partial charge >= 0.3 is 5.69 Å². The lowest BCUT2D eigenvalue weighted by molar-refractivity contribution is 0.594. The van der Waals surface area contributed by atoms with Crippen molar-refractivity contribution in [2.24, 2.45) is 14.1 Å². The van der Waals surface area contributed by atoms with Crippen LogP contribution in [0.15, 0.2) is 63.8 Å². The zero-order valence-corrected chi connectivity index (χ0v) is 18.4. The van der Waals surface area contributed by atoms with E-state index in [1.54, 1.807) is 47.6 Å². The van der Waals surface area contributed by atoms with Crippen molar-refractivity contribution in [1.29, 1.82) is 0 Å². The Morgan fingerprint density at radius 2 is 1.81 bits per heavy atom. The summed E-state index contributed by atoms with van der Waals surface area (Å²) in [6.45, 7) is 0.317. The summed E-state index contributed by atoms with van der Waals surface area (Å²) in [5.74, 6) is 0.682. The lowest BCUT2D eigenvalue weighted by Gasteiger charge is -2.08. The second-order valence-corrected chi connectivity index (χ2v) is 8.42. The third-order valence-corrected chi connectivity index (χ3v) is 6.39. The van der Waals surface area contributed by atoms with Gasteiger partial charge in [0.15, 0.2) is 16.8 Å². The molecule has 4 aromatic heterocycles. The maximum Gasteiger partial charge on any atom is 0.332 e. The summed E-state index contributed by atoms with van der Waals surface area (Å²) in [6.07, 6.45) is 5.47. The van der Waals surface area contributed by atoms with Crippen molar-refractivity contribution in [3.05, 3.63) is 70.0 Å². The van der Waals surface area contributed by atoms with Gasteiger partial charge < -0.3 is 4.57 Å². The molecule has 5 aromatic rings. The average molecular weight is 449 g/mol. The first kappa shape index (κ1) is 20.2.